The first-order valence-corrected chi connectivity index (χ1v) is 11.9. The number of nitrogens with one attached hydrogen (secondary N) is 1. The molecule has 28 heavy (non-hydrogen) atoms. The van der Waals surface area contributed by atoms with Gasteiger partial charge in [-0.25, -0.2) is 0 Å². The number of rotatable bonds is 7. The van der Waals surface area contributed by atoms with Crippen LogP contribution in [0.1, 0.15) is 90.4 Å². The number of unbranched alkanes of at least 4 members (excludes halogenated alkanes) is 1. The maximum atomic E-state index is 13.0. The van der Waals surface area contributed by atoms with Crippen LogP contribution in [-0.4, -0.2) is 48.6 Å². The van der Waals surface area contributed by atoms with E-state index in [-0.39, 0.29) is 29.7 Å². The zero-order valence-corrected chi connectivity index (χ0v) is 17.8. The number of likely N-dealkylation sites (tertiary alicyclic amines) is 1. The van der Waals surface area contributed by atoms with Gasteiger partial charge in [0.2, 0.25) is 11.8 Å². The van der Waals surface area contributed by atoms with Crippen molar-refractivity contribution in [2.24, 2.45) is 11.8 Å². The third-order valence-electron chi connectivity index (χ3n) is 6.97. The van der Waals surface area contributed by atoms with E-state index < -0.39 is 0 Å². The Labute approximate surface area is 170 Å². The third kappa shape index (κ3) is 5.95. The minimum atomic E-state index is -0.00971. The van der Waals surface area contributed by atoms with E-state index in [1.165, 1.54) is 6.42 Å². The van der Waals surface area contributed by atoms with Crippen LogP contribution in [0.3, 0.4) is 0 Å². The predicted molar refractivity (Wildman–Crippen MR) is 111 cm³/mol. The van der Waals surface area contributed by atoms with Gasteiger partial charge in [0.1, 0.15) is 0 Å². The van der Waals surface area contributed by atoms with Gasteiger partial charge in [-0.3, -0.25) is 9.59 Å². The molecule has 2 amide bonds. The van der Waals surface area contributed by atoms with E-state index in [0.717, 1.165) is 96.7 Å². The zero-order chi connectivity index (χ0) is 19.8. The average Bonchev–Trinajstić information content (AvgIpc) is 2.75. The third-order valence-corrected chi connectivity index (χ3v) is 6.97. The van der Waals surface area contributed by atoms with E-state index in [1.54, 1.807) is 0 Å². The van der Waals surface area contributed by atoms with Crippen LogP contribution in [0.25, 0.3) is 0 Å². The van der Waals surface area contributed by atoms with E-state index in [4.69, 9.17) is 4.74 Å². The van der Waals surface area contributed by atoms with E-state index >= 15 is 0 Å². The highest BCUT2D eigenvalue weighted by Crippen LogP contribution is 2.30. The van der Waals surface area contributed by atoms with Crippen molar-refractivity contribution in [3.05, 3.63) is 0 Å². The van der Waals surface area contributed by atoms with E-state index in [0.29, 0.717) is 6.10 Å². The number of ether oxygens (including phenoxy) is 1. The molecule has 0 spiro atoms. The maximum absolute atomic E-state index is 13.0. The highest BCUT2D eigenvalue weighted by molar-refractivity contribution is 5.83. The molecule has 0 aromatic carbocycles. The lowest BCUT2D eigenvalue weighted by molar-refractivity contribution is -0.139. The summed E-state index contributed by atoms with van der Waals surface area (Å²) in [5.41, 5.74) is 0. The molecule has 3 fully saturated rings. The van der Waals surface area contributed by atoms with Crippen LogP contribution in [0.15, 0.2) is 0 Å². The summed E-state index contributed by atoms with van der Waals surface area (Å²) in [6, 6.07) is 0.0363. The molecule has 1 aliphatic heterocycles. The van der Waals surface area contributed by atoms with Crippen molar-refractivity contribution in [3.8, 4) is 0 Å². The standard InChI is InChI=1S/C23H40N2O3/c1-2-3-17-28-19-13-11-18(12-14-19)22(26)24-21-10-6-5-9-20(21)23(27)25-15-7-4-8-16-25/h18-21H,2-17H2,1H3,(H,24,26). The van der Waals surface area contributed by atoms with Crippen molar-refractivity contribution >= 4 is 11.8 Å². The molecular weight excluding hydrogens is 352 g/mol. The molecule has 2 aliphatic carbocycles. The molecule has 0 aromatic rings. The molecule has 0 bridgehead atoms. The van der Waals surface area contributed by atoms with E-state index in [1.807, 2.05) is 0 Å². The number of amides is 2. The Bertz CT molecular complexity index is 496. The number of nitrogens with zero attached hydrogens (tertiary/aromatic N) is 1. The molecule has 1 heterocycles. The highest BCUT2D eigenvalue weighted by atomic mass is 16.5. The molecule has 3 rings (SSSR count). The molecule has 2 atom stereocenters. The molecule has 5 nitrogen and oxygen atoms in total. The number of carbonyl (C=O) groups excluding carboxylic acids is 2. The normalized spacial score (nSPS) is 31.4. The Morgan fingerprint density at radius 2 is 1.64 bits per heavy atom. The van der Waals surface area contributed by atoms with Gasteiger partial charge in [-0.05, 0) is 64.2 Å². The average molecular weight is 393 g/mol. The first-order chi connectivity index (χ1) is 13.7. The highest BCUT2D eigenvalue weighted by Gasteiger charge is 2.36. The second-order valence-electron chi connectivity index (χ2n) is 9.09. The fourth-order valence-electron chi connectivity index (χ4n) is 5.13. The molecule has 0 radical (unpaired) electrons. The Kier molecular flexibility index (Phi) is 8.63. The van der Waals surface area contributed by atoms with E-state index in [9.17, 15) is 9.59 Å². The van der Waals surface area contributed by atoms with Crippen molar-refractivity contribution in [1.29, 1.82) is 0 Å². The number of piperidine rings is 1. The summed E-state index contributed by atoms with van der Waals surface area (Å²) in [6.07, 6.45) is 14.0. The molecule has 1 N–H and O–H groups in total. The number of hydrogen-bond donors (Lipinski definition) is 1. The van der Waals surface area contributed by atoms with Gasteiger partial charge in [-0.2, -0.15) is 0 Å². The van der Waals surface area contributed by atoms with Gasteiger partial charge in [0, 0.05) is 31.7 Å². The summed E-state index contributed by atoms with van der Waals surface area (Å²) in [7, 11) is 0. The molecule has 1 saturated heterocycles. The summed E-state index contributed by atoms with van der Waals surface area (Å²) >= 11 is 0. The van der Waals surface area contributed by atoms with Gasteiger partial charge in [0.05, 0.1) is 12.0 Å². The van der Waals surface area contributed by atoms with Gasteiger partial charge in [0.25, 0.3) is 0 Å². The second kappa shape index (κ2) is 11.2. The van der Waals surface area contributed by atoms with Crippen LogP contribution >= 0.6 is 0 Å². The minimum absolute atomic E-state index is 0.00971. The topological polar surface area (TPSA) is 58.6 Å². The van der Waals surface area contributed by atoms with Crippen molar-refractivity contribution in [1.82, 2.24) is 10.2 Å². The van der Waals surface area contributed by atoms with Crippen LogP contribution in [0.2, 0.25) is 0 Å². The first-order valence-electron chi connectivity index (χ1n) is 11.9. The van der Waals surface area contributed by atoms with Gasteiger partial charge < -0.3 is 15.0 Å². The van der Waals surface area contributed by atoms with Crippen molar-refractivity contribution in [2.75, 3.05) is 19.7 Å². The summed E-state index contributed by atoms with van der Waals surface area (Å²) < 4.78 is 5.94. The molecule has 2 unspecified atom stereocenters. The Morgan fingerprint density at radius 3 is 2.36 bits per heavy atom. The zero-order valence-electron chi connectivity index (χ0n) is 17.8. The Morgan fingerprint density at radius 1 is 0.929 bits per heavy atom. The lowest BCUT2D eigenvalue weighted by Crippen LogP contribution is -2.51. The molecule has 0 aromatic heterocycles. The quantitative estimate of drug-likeness (QED) is 0.665. The fraction of sp³-hybridized carbons (Fsp3) is 0.913. The second-order valence-corrected chi connectivity index (χ2v) is 9.09. The van der Waals surface area contributed by atoms with Crippen LogP contribution in [0.4, 0.5) is 0 Å². The van der Waals surface area contributed by atoms with E-state index in [2.05, 4.69) is 17.1 Å². The van der Waals surface area contributed by atoms with Crippen molar-refractivity contribution in [2.45, 2.75) is 103 Å². The van der Waals surface area contributed by atoms with Crippen LogP contribution < -0.4 is 5.32 Å². The maximum Gasteiger partial charge on any atom is 0.227 e. The lowest BCUT2D eigenvalue weighted by Gasteiger charge is -2.37. The monoisotopic (exact) mass is 392 g/mol. The first kappa shape index (κ1) is 21.6. The van der Waals surface area contributed by atoms with Crippen LogP contribution in [-0.2, 0) is 14.3 Å². The number of hydrogen-bond acceptors (Lipinski definition) is 3. The Balaban J connectivity index is 1.47. The van der Waals surface area contributed by atoms with Crippen LogP contribution in [0.5, 0.6) is 0 Å². The summed E-state index contributed by atoms with van der Waals surface area (Å²) in [5, 5.41) is 3.30. The lowest BCUT2D eigenvalue weighted by atomic mass is 9.81. The predicted octanol–water partition coefficient (Wildman–Crippen LogP) is 4.05. The summed E-state index contributed by atoms with van der Waals surface area (Å²) in [4.78, 5) is 28.0. The molecule has 2 saturated carbocycles. The van der Waals surface area contributed by atoms with Crippen molar-refractivity contribution in [3.63, 3.8) is 0 Å². The fourth-order valence-corrected chi connectivity index (χ4v) is 5.13. The van der Waals surface area contributed by atoms with Gasteiger partial charge in [-0.15, -0.1) is 0 Å². The minimum Gasteiger partial charge on any atom is -0.378 e. The molecule has 3 aliphatic rings. The van der Waals surface area contributed by atoms with Crippen molar-refractivity contribution < 1.29 is 14.3 Å². The van der Waals surface area contributed by atoms with Gasteiger partial charge in [0.15, 0.2) is 0 Å². The number of carbonyl (C=O) groups is 2. The van der Waals surface area contributed by atoms with Crippen LogP contribution in [0, 0.1) is 11.8 Å². The molecule has 5 heteroatoms. The van der Waals surface area contributed by atoms with Gasteiger partial charge >= 0.3 is 0 Å². The Hall–Kier alpha value is -1.10. The SMILES string of the molecule is CCCCOC1CCC(C(=O)NC2CCCCC2C(=O)N2CCCCC2)CC1. The summed E-state index contributed by atoms with van der Waals surface area (Å²) in [5.74, 6) is 0.552. The molecular formula is C23H40N2O3. The smallest absolute Gasteiger partial charge is 0.227 e. The molecule has 160 valence electrons. The summed E-state index contributed by atoms with van der Waals surface area (Å²) in [6.45, 7) is 4.83. The largest absolute Gasteiger partial charge is 0.378 e. The van der Waals surface area contributed by atoms with Gasteiger partial charge in [-0.1, -0.05) is 26.2 Å².